The maximum absolute atomic E-state index is 12.2. The first-order chi connectivity index (χ1) is 9.40. The molecule has 1 aromatic carbocycles. The Hall–Kier alpha value is -0.950. The number of thiazole rings is 1. The molecule has 20 heavy (non-hydrogen) atoms. The van der Waals surface area contributed by atoms with Crippen LogP contribution in [0, 0.1) is 6.92 Å². The third kappa shape index (κ3) is 3.58. The number of halogens is 1. The lowest BCUT2D eigenvalue weighted by molar-refractivity contribution is 0.574. The van der Waals surface area contributed by atoms with Crippen molar-refractivity contribution in [2.45, 2.75) is 24.7 Å². The van der Waals surface area contributed by atoms with E-state index >= 15 is 0 Å². The molecular formula is C13H15ClN2O2S2. The summed E-state index contributed by atoms with van der Waals surface area (Å²) in [6.45, 7) is 4.20. The molecule has 0 fully saturated rings. The number of nitrogens with one attached hydrogen (secondary N) is 1. The second-order valence-electron chi connectivity index (χ2n) is 4.49. The highest BCUT2D eigenvalue weighted by molar-refractivity contribution is 7.89. The van der Waals surface area contributed by atoms with Crippen LogP contribution < -0.4 is 4.72 Å². The smallest absolute Gasteiger partial charge is 0.242 e. The number of aryl methyl sites for hydroxylation is 1. The van der Waals surface area contributed by atoms with Gasteiger partial charge in [0.1, 0.15) is 4.90 Å². The maximum Gasteiger partial charge on any atom is 0.242 e. The van der Waals surface area contributed by atoms with Gasteiger partial charge in [-0.2, -0.15) is 0 Å². The summed E-state index contributed by atoms with van der Waals surface area (Å²) in [4.78, 5) is 5.48. The summed E-state index contributed by atoms with van der Waals surface area (Å²) < 4.78 is 26.9. The van der Waals surface area contributed by atoms with E-state index in [9.17, 15) is 8.42 Å². The number of hydrogen-bond acceptors (Lipinski definition) is 4. The molecule has 0 radical (unpaired) electrons. The molecule has 7 heteroatoms. The minimum Gasteiger partial charge on any atom is -0.249 e. The third-order valence-corrected chi connectivity index (χ3v) is 5.83. The summed E-state index contributed by atoms with van der Waals surface area (Å²) in [6.07, 6.45) is 1.79. The zero-order chi connectivity index (χ0) is 14.8. The molecule has 0 amide bonds. The topological polar surface area (TPSA) is 59.1 Å². The molecule has 1 atom stereocenters. The summed E-state index contributed by atoms with van der Waals surface area (Å²) >= 11 is 7.49. The average molecular weight is 331 g/mol. The number of hydrogen-bond donors (Lipinski definition) is 1. The van der Waals surface area contributed by atoms with Crippen LogP contribution in [-0.4, -0.2) is 19.9 Å². The summed E-state index contributed by atoms with van der Waals surface area (Å²) in [6, 6.07) is 6.39. The number of nitrogens with zero attached hydrogens (tertiary/aromatic N) is 1. The molecule has 0 aliphatic carbocycles. The molecule has 2 aromatic rings. The largest absolute Gasteiger partial charge is 0.249 e. The van der Waals surface area contributed by atoms with Crippen LogP contribution in [-0.2, 0) is 10.0 Å². The molecule has 108 valence electrons. The highest BCUT2D eigenvalue weighted by atomic mass is 35.5. The lowest BCUT2D eigenvalue weighted by Gasteiger charge is -2.11. The number of rotatable bonds is 5. The van der Waals surface area contributed by atoms with E-state index in [0.29, 0.717) is 6.54 Å². The second kappa shape index (κ2) is 6.22. The van der Waals surface area contributed by atoms with Gasteiger partial charge in [-0.15, -0.1) is 11.3 Å². The molecule has 1 aromatic heterocycles. The van der Waals surface area contributed by atoms with Gasteiger partial charge in [0.05, 0.1) is 10.0 Å². The minimum atomic E-state index is -3.59. The van der Waals surface area contributed by atoms with Gasteiger partial charge in [-0.3, -0.25) is 0 Å². The normalized spacial score (nSPS) is 13.3. The van der Waals surface area contributed by atoms with Gasteiger partial charge < -0.3 is 0 Å². The highest BCUT2D eigenvalue weighted by Gasteiger charge is 2.19. The van der Waals surface area contributed by atoms with Crippen molar-refractivity contribution in [2.24, 2.45) is 0 Å². The molecule has 0 saturated carbocycles. The van der Waals surface area contributed by atoms with Crippen LogP contribution in [0.3, 0.4) is 0 Å². The Bertz CT molecular complexity index is 698. The van der Waals surface area contributed by atoms with Gasteiger partial charge in [0, 0.05) is 23.5 Å². The van der Waals surface area contributed by atoms with E-state index in [-0.39, 0.29) is 15.8 Å². The Labute approximate surface area is 127 Å². The number of aromatic nitrogens is 1. The zero-order valence-electron chi connectivity index (χ0n) is 11.1. The minimum absolute atomic E-state index is 0.0194. The van der Waals surface area contributed by atoms with Crippen LogP contribution in [0.15, 0.2) is 35.4 Å². The van der Waals surface area contributed by atoms with Gasteiger partial charge in [0.2, 0.25) is 10.0 Å². The van der Waals surface area contributed by atoms with Crippen molar-refractivity contribution in [3.8, 4) is 0 Å². The van der Waals surface area contributed by atoms with Crippen molar-refractivity contribution >= 4 is 33.0 Å². The van der Waals surface area contributed by atoms with Crippen molar-refractivity contribution in [1.82, 2.24) is 9.71 Å². The van der Waals surface area contributed by atoms with E-state index in [4.69, 9.17) is 11.6 Å². The molecule has 0 aliphatic heterocycles. The van der Waals surface area contributed by atoms with Crippen molar-refractivity contribution in [1.29, 1.82) is 0 Å². The van der Waals surface area contributed by atoms with Crippen LogP contribution in [0.2, 0.25) is 5.02 Å². The Morgan fingerprint density at radius 3 is 2.70 bits per heavy atom. The predicted molar refractivity (Wildman–Crippen MR) is 81.9 cm³/mol. The molecule has 1 unspecified atom stereocenters. The lowest BCUT2D eigenvalue weighted by Crippen LogP contribution is -2.27. The van der Waals surface area contributed by atoms with Crippen molar-refractivity contribution in [2.75, 3.05) is 6.54 Å². The Morgan fingerprint density at radius 2 is 2.10 bits per heavy atom. The average Bonchev–Trinajstić information content (AvgIpc) is 2.83. The van der Waals surface area contributed by atoms with E-state index in [2.05, 4.69) is 9.71 Å². The first-order valence-electron chi connectivity index (χ1n) is 6.06. The van der Waals surface area contributed by atoms with Crippen LogP contribution in [0.1, 0.15) is 22.7 Å². The van der Waals surface area contributed by atoms with E-state index < -0.39 is 10.0 Å². The van der Waals surface area contributed by atoms with Gasteiger partial charge in [-0.1, -0.05) is 30.7 Å². The van der Waals surface area contributed by atoms with E-state index in [1.54, 1.807) is 35.7 Å². The molecule has 0 saturated heterocycles. The quantitative estimate of drug-likeness (QED) is 0.916. The van der Waals surface area contributed by atoms with Crippen LogP contribution in [0.5, 0.6) is 0 Å². The van der Waals surface area contributed by atoms with Gasteiger partial charge >= 0.3 is 0 Å². The Balaban J connectivity index is 2.08. The first kappa shape index (κ1) is 15.4. The lowest BCUT2D eigenvalue weighted by atomic mass is 10.2. The number of sulfonamides is 1. The van der Waals surface area contributed by atoms with Crippen LogP contribution in [0.25, 0.3) is 0 Å². The molecule has 1 N–H and O–H groups in total. The SMILES string of the molecule is Cc1cnc(C(C)CNS(=O)(=O)c2ccccc2Cl)s1. The molecule has 0 spiro atoms. The van der Waals surface area contributed by atoms with Crippen molar-refractivity contribution in [3.05, 3.63) is 45.4 Å². The fraction of sp³-hybridized carbons (Fsp3) is 0.308. The summed E-state index contributed by atoms with van der Waals surface area (Å²) in [5, 5.41) is 1.14. The Kier molecular flexibility index (Phi) is 4.80. The number of benzene rings is 1. The van der Waals surface area contributed by atoms with E-state index in [0.717, 1.165) is 9.88 Å². The van der Waals surface area contributed by atoms with E-state index in [1.165, 1.54) is 6.07 Å². The molecule has 1 heterocycles. The van der Waals surface area contributed by atoms with Gasteiger partial charge in [0.25, 0.3) is 0 Å². The molecule has 0 bridgehead atoms. The molecule has 2 rings (SSSR count). The molecule has 4 nitrogen and oxygen atoms in total. The summed E-state index contributed by atoms with van der Waals surface area (Å²) in [7, 11) is -3.59. The monoisotopic (exact) mass is 330 g/mol. The van der Waals surface area contributed by atoms with Crippen LogP contribution in [0.4, 0.5) is 0 Å². The van der Waals surface area contributed by atoms with Crippen molar-refractivity contribution < 1.29 is 8.42 Å². The summed E-state index contributed by atoms with van der Waals surface area (Å²) in [5.41, 5.74) is 0. The van der Waals surface area contributed by atoms with Crippen molar-refractivity contribution in [3.63, 3.8) is 0 Å². The van der Waals surface area contributed by atoms with Gasteiger partial charge in [0.15, 0.2) is 0 Å². The fourth-order valence-corrected chi connectivity index (χ4v) is 4.14. The van der Waals surface area contributed by atoms with Gasteiger partial charge in [-0.25, -0.2) is 18.1 Å². The molecule has 0 aliphatic rings. The predicted octanol–water partition coefficient (Wildman–Crippen LogP) is 3.19. The molecular weight excluding hydrogens is 316 g/mol. The first-order valence-corrected chi connectivity index (χ1v) is 8.74. The zero-order valence-corrected chi connectivity index (χ0v) is 13.5. The standard InChI is InChI=1S/C13H15ClN2O2S2/c1-9(13-15-8-10(2)19-13)7-16-20(17,18)12-6-4-3-5-11(12)14/h3-6,8-9,16H,7H2,1-2H3. The van der Waals surface area contributed by atoms with Gasteiger partial charge in [-0.05, 0) is 19.1 Å². The van der Waals surface area contributed by atoms with Crippen LogP contribution >= 0.6 is 22.9 Å². The Morgan fingerprint density at radius 1 is 1.40 bits per heavy atom. The fourth-order valence-electron chi connectivity index (χ4n) is 1.66. The highest BCUT2D eigenvalue weighted by Crippen LogP contribution is 2.23. The third-order valence-electron chi connectivity index (χ3n) is 2.77. The maximum atomic E-state index is 12.2. The van der Waals surface area contributed by atoms with E-state index in [1.807, 2.05) is 13.8 Å². The second-order valence-corrected chi connectivity index (χ2v) is 7.90. The summed E-state index contributed by atoms with van der Waals surface area (Å²) in [5.74, 6) is 0.0194.